The van der Waals surface area contributed by atoms with Crippen LogP contribution in [0.3, 0.4) is 0 Å². The Balaban J connectivity index is 2.98. The van der Waals surface area contributed by atoms with Gasteiger partial charge in [-0.05, 0) is 13.8 Å². The molecule has 1 heterocycles. The van der Waals surface area contributed by atoms with Crippen molar-refractivity contribution < 1.29 is 5.21 Å². The van der Waals surface area contributed by atoms with Crippen LogP contribution in [0.2, 0.25) is 0 Å². The second kappa shape index (κ2) is 1.69. The average molecular weight is 142 g/mol. The van der Waals surface area contributed by atoms with Crippen LogP contribution in [0, 0.1) is 5.41 Å². The Labute approximate surface area is 58.6 Å². The molecule has 0 aromatic heterocycles. The fourth-order valence-corrected chi connectivity index (χ4v) is 0.685. The largest absolute Gasteiger partial charge is 0.368 e. The highest BCUT2D eigenvalue weighted by atomic mass is 16.5. The number of hydrogen-bond donors (Lipinski definition) is 3. The van der Waals surface area contributed by atoms with Crippen LogP contribution < -0.4 is 5.73 Å². The fraction of sp³-hybridized carbons (Fsp3) is 0.600. The number of aliphatic imine (C=N–C) groups is 1. The van der Waals surface area contributed by atoms with Gasteiger partial charge in [-0.15, -0.1) is 0 Å². The summed E-state index contributed by atoms with van der Waals surface area (Å²) in [4.78, 5) is 3.58. The van der Waals surface area contributed by atoms with E-state index in [2.05, 4.69) is 4.99 Å². The first-order valence-corrected chi connectivity index (χ1v) is 2.88. The molecule has 1 rings (SSSR count). The Bertz CT molecular complexity index is 208. The summed E-state index contributed by atoms with van der Waals surface area (Å²) in [5.74, 6) is 0.0579. The van der Waals surface area contributed by atoms with Crippen LogP contribution >= 0.6 is 0 Å². The van der Waals surface area contributed by atoms with Crippen LogP contribution in [-0.4, -0.2) is 27.6 Å². The monoisotopic (exact) mass is 142 g/mol. The molecule has 4 N–H and O–H groups in total. The molecule has 0 aliphatic carbocycles. The minimum absolute atomic E-state index is 0.0185. The van der Waals surface area contributed by atoms with E-state index in [4.69, 9.17) is 16.4 Å². The second-order valence-electron chi connectivity index (χ2n) is 2.69. The molecule has 0 amide bonds. The molecule has 0 saturated heterocycles. The van der Waals surface area contributed by atoms with Crippen LogP contribution in [-0.2, 0) is 0 Å². The maximum absolute atomic E-state index is 9.13. The summed E-state index contributed by atoms with van der Waals surface area (Å²) in [5.41, 5.74) is 4.46. The van der Waals surface area contributed by atoms with Crippen LogP contribution in [0.5, 0.6) is 0 Å². The topological polar surface area (TPSA) is 85.7 Å². The van der Waals surface area contributed by atoms with Gasteiger partial charge in [0.2, 0.25) is 5.96 Å². The van der Waals surface area contributed by atoms with Gasteiger partial charge in [0.15, 0.2) is 5.84 Å². The first-order valence-electron chi connectivity index (χ1n) is 2.88. The second-order valence-corrected chi connectivity index (χ2v) is 2.69. The molecule has 1 aliphatic rings. The van der Waals surface area contributed by atoms with E-state index in [1.165, 1.54) is 0 Å². The van der Waals surface area contributed by atoms with Gasteiger partial charge in [0.05, 0.1) is 0 Å². The SMILES string of the molecule is CC1(C)C(=N)N=C(N)N1O. The molecule has 56 valence electrons. The number of rotatable bonds is 0. The molecule has 5 heteroatoms. The van der Waals surface area contributed by atoms with Crippen molar-refractivity contribution in [3.8, 4) is 0 Å². The van der Waals surface area contributed by atoms with E-state index in [9.17, 15) is 0 Å². The predicted molar refractivity (Wildman–Crippen MR) is 37.1 cm³/mol. The molecule has 0 aromatic rings. The Morgan fingerprint density at radius 1 is 1.70 bits per heavy atom. The Hall–Kier alpha value is -1.10. The number of hydroxylamine groups is 2. The third-order valence-electron chi connectivity index (χ3n) is 1.55. The minimum atomic E-state index is -0.774. The molecule has 0 fully saturated rings. The summed E-state index contributed by atoms with van der Waals surface area (Å²) >= 11 is 0. The maximum atomic E-state index is 9.13. The number of nitrogens with two attached hydrogens (primary N) is 1. The zero-order valence-corrected chi connectivity index (χ0v) is 5.92. The Kier molecular flexibility index (Phi) is 1.19. The molecule has 0 bridgehead atoms. The van der Waals surface area contributed by atoms with E-state index in [-0.39, 0.29) is 11.8 Å². The molecule has 1 aliphatic heterocycles. The van der Waals surface area contributed by atoms with Crippen LogP contribution in [0.4, 0.5) is 0 Å². The van der Waals surface area contributed by atoms with E-state index in [1.54, 1.807) is 13.8 Å². The highest BCUT2D eigenvalue weighted by Gasteiger charge is 2.38. The van der Waals surface area contributed by atoms with Gasteiger partial charge in [-0.1, -0.05) is 0 Å². The third-order valence-corrected chi connectivity index (χ3v) is 1.55. The van der Waals surface area contributed by atoms with Crippen molar-refractivity contribution in [2.75, 3.05) is 0 Å². The highest BCUT2D eigenvalue weighted by Crippen LogP contribution is 2.19. The summed E-state index contributed by atoms with van der Waals surface area (Å²) in [7, 11) is 0. The van der Waals surface area contributed by atoms with Gasteiger partial charge in [-0.3, -0.25) is 10.6 Å². The summed E-state index contributed by atoms with van der Waals surface area (Å²) in [6, 6.07) is 0. The van der Waals surface area contributed by atoms with Gasteiger partial charge in [0.1, 0.15) is 5.54 Å². The van der Waals surface area contributed by atoms with Crippen molar-refractivity contribution in [1.29, 1.82) is 5.41 Å². The lowest BCUT2D eigenvalue weighted by Gasteiger charge is -2.25. The fourth-order valence-electron chi connectivity index (χ4n) is 0.685. The Morgan fingerprint density at radius 2 is 2.20 bits per heavy atom. The zero-order chi connectivity index (χ0) is 7.94. The Morgan fingerprint density at radius 3 is 2.30 bits per heavy atom. The lowest BCUT2D eigenvalue weighted by molar-refractivity contribution is -0.0607. The molecule has 0 radical (unpaired) electrons. The average Bonchev–Trinajstić information content (AvgIpc) is 1.97. The van der Waals surface area contributed by atoms with Crippen LogP contribution in [0.1, 0.15) is 13.8 Å². The quantitative estimate of drug-likeness (QED) is 0.436. The van der Waals surface area contributed by atoms with Crippen molar-refractivity contribution >= 4 is 11.8 Å². The van der Waals surface area contributed by atoms with E-state index < -0.39 is 5.54 Å². The molecular weight excluding hydrogens is 132 g/mol. The number of nitrogens with one attached hydrogen (secondary N) is 1. The van der Waals surface area contributed by atoms with E-state index >= 15 is 0 Å². The van der Waals surface area contributed by atoms with Crippen LogP contribution in [0.25, 0.3) is 0 Å². The summed E-state index contributed by atoms with van der Waals surface area (Å²) in [5, 5.41) is 17.2. The van der Waals surface area contributed by atoms with Gasteiger partial charge < -0.3 is 5.73 Å². The third kappa shape index (κ3) is 0.672. The molecule has 0 saturated carbocycles. The first-order chi connectivity index (χ1) is 4.46. The van der Waals surface area contributed by atoms with Gasteiger partial charge in [-0.2, -0.15) is 4.99 Å². The minimum Gasteiger partial charge on any atom is -0.368 e. The molecule has 0 aromatic carbocycles. The van der Waals surface area contributed by atoms with Gasteiger partial charge >= 0.3 is 0 Å². The van der Waals surface area contributed by atoms with Gasteiger partial charge in [-0.25, -0.2) is 5.06 Å². The number of guanidine groups is 1. The molecule has 0 unspecified atom stereocenters. The van der Waals surface area contributed by atoms with E-state index in [0.29, 0.717) is 0 Å². The molecule has 5 nitrogen and oxygen atoms in total. The van der Waals surface area contributed by atoms with Crippen molar-refractivity contribution in [1.82, 2.24) is 5.06 Å². The van der Waals surface area contributed by atoms with Gasteiger partial charge in [0, 0.05) is 0 Å². The van der Waals surface area contributed by atoms with Crippen molar-refractivity contribution in [3.63, 3.8) is 0 Å². The van der Waals surface area contributed by atoms with Gasteiger partial charge in [0.25, 0.3) is 0 Å². The van der Waals surface area contributed by atoms with Crippen LogP contribution in [0.15, 0.2) is 4.99 Å². The lowest BCUT2D eigenvalue weighted by atomic mass is 10.1. The predicted octanol–water partition coefficient (Wildman–Crippen LogP) is -0.238. The van der Waals surface area contributed by atoms with Crippen molar-refractivity contribution in [2.45, 2.75) is 19.4 Å². The van der Waals surface area contributed by atoms with Crippen molar-refractivity contribution in [3.05, 3.63) is 0 Å². The zero-order valence-electron chi connectivity index (χ0n) is 5.92. The number of hydrogen-bond acceptors (Lipinski definition) is 4. The van der Waals surface area contributed by atoms with E-state index in [0.717, 1.165) is 5.06 Å². The number of nitrogens with zero attached hydrogens (tertiary/aromatic N) is 2. The molecule has 0 atom stereocenters. The van der Waals surface area contributed by atoms with Crippen molar-refractivity contribution in [2.24, 2.45) is 10.7 Å². The molecule has 0 spiro atoms. The highest BCUT2D eigenvalue weighted by molar-refractivity contribution is 6.05. The first kappa shape index (κ1) is 7.01. The number of amidine groups is 1. The normalized spacial score (nSPS) is 23.3. The summed E-state index contributed by atoms with van der Waals surface area (Å²) in [6.45, 7) is 3.33. The summed E-state index contributed by atoms with van der Waals surface area (Å²) < 4.78 is 0. The molecular formula is C5H10N4O. The summed E-state index contributed by atoms with van der Waals surface area (Å²) in [6.07, 6.45) is 0. The lowest BCUT2D eigenvalue weighted by Crippen LogP contribution is -2.46. The standard InChI is InChI=1S/C5H10N4O/c1-5(2)3(6)8-4(7)9(5)10/h10H,1-2H3,(H3,6,7,8). The molecule has 10 heavy (non-hydrogen) atoms. The maximum Gasteiger partial charge on any atom is 0.223 e. The van der Waals surface area contributed by atoms with E-state index in [1.807, 2.05) is 0 Å². The smallest absolute Gasteiger partial charge is 0.223 e.